The maximum atomic E-state index is 5.80. The number of hydrogen-bond donors (Lipinski definition) is 1. The van der Waals surface area contributed by atoms with Crippen LogP contribution in [0.15, 0.2) is 36.9 Å². The molecule has 0 aliphatic carbocycles. The molecule has 90 valence electrons. The molecule has 0 heterocycles. The van der Waals surface area contributed by atoms with E-state index < -0.39 is 0 Å². The molecule has 1 nitrogen and oxygen atoms in total. The number of nitrogens with one attached hydrogen (secondary N) is 1. The first kappa shape index (κ1) is 15.9. The van der Waals surface area contributed by atoms with E-state index in [9.17, 15) is 0 Å². The Bertz CT molecular complexity index is 288. The summed E-state index contributed by atoms with van der Waals surface area (Å²) in [5.41, 5.74) is 1.27. The van der Waals surface area contributed by atoms with E-state index in [1.807, 2.05) is 42.1 Å². The molecular formula is C12H17Cl2NS. The third kappa shape index (κ3) is 7.18. The van der Waals surface area contributed by atoms with Gasteiger partial charge in [0, 0.05) is 29.6 Å². The van der Waals surface area contributed by atoms with Gasteiger partial charge in [0.05, 0.1) is 0 Å². The molecule has 1 aromatic carbocycles. The van der Waals surface area contributed by atoms with Gasteiger partial charge in [0.2, 0.25) is 0 Å². The predicted molar refractivity (Wildman–Crippen MR) is 77.9 cm³/mol. The van der Waals surface area contributed by atoms with Crippen LogP contribution in [-0.2, 0) is 6.54 Å². The molecule has 0 bridgehead atoms. The normalized spacial score (nSPS) is 9.56. The lowest BCUT2D eigenvalue weighted by molar-refractivity contribution is 0.732. The second-order valence-electron chi connectivity index (χ2n) is 3.17. The molecule has 0 atom stereocenters. The smallest absolute Gasteiger partial charge is 0.0406 e. The van der Waals surface area contributed by atoms with E-state index in [0.29, 0.717) is 0 Å². The molecule has 0 saturated heterocycles. The van der Waals surface area contributed by atoms with Gasteiger partial charge in [-0.3, -0.25) is 0 Å². The molecule has 0 aliphatic heterocycles. The average Bonchev–Trinajstić information content (AvgIpc) is 2.26. The van der Waals surface area contributed by atoms with Crippen molar-refractivity contribution in [3.05, 3.63) is 47.5 Å². The summed E-state index contributed by atoms with van der Waals surface area (Å²) < 4.78 is 0. The Morgan fingerprint density at radius 3 is 2.62 bits per heavy atom. The van der Waals surface area contributed by atoms with E-state index in [2.05, 4.69) is 11.9 Å². The molecule has 0 aliphatic rings. The summed E-state index contributed by atoms with van der Waals surface area (Å²) in [5, 5.41) is 4.17. The topological polar surface area (TPSA) is 12.0 Å². The minimum atomic E-state index is 0. The Morgan fingerprint density at radius 2 is 2.00 bits per heavy atom. The van der Waals surface area contributed by atoms with Crippen LogP contribution in [0, 0.1) is 0 Å². The van der Waals surface area contributed by atoms with Crippen molar-refractivity contribution in [2.45, 2.75) is 6.54 Å². The quantitative estimate of drug-likeness (QED) is 0.602. The van der Waals surface area contributed by atoms with Gasteiger partial charge in [-0.2, -0.15) is 11.8 Å². The van der Waals surface area contributed by atoms with E-state index in [4.69, 9.17) is 11.6 Å². The lowest BCUT2D eigenvalue weighted by atomic mass is 10.2. The Kier molecular flexibility index (Phi) is 9.94. The Hall–Kier alpha value is -0.150. The molecule has 1 aromatic rings. The summed E-state index contributed by atoms with van der Waals surface area (Å²) in [7, 11) is 0. The summed E-state index contributed by atoms with van der Waals surface area (Å²) in [6.45, 7) is 5.62. The van der Waals surface area contributed by atoms with Crippen LogP contribution in [0.5, 0.6) is 0 Å². The second-order valence-corrected chi connectivity index (χ2v) is 4.75. The molecule has 0 fully saturated rings. The van der Waals surface area contributed by atoms with E-state index >= 15 is 0 Å². The summed E-state index contributed by atoms with van der Waals surface area (Å²) >= 11 is 7.69. The second kappa shape index (κ2) is 10.0. The van der Waals surface area contributed by atoms with Gasteiger partial charge >= 0.3 is 0 Å². The lowest BCUT2D eigenvalue weighted by Crippen LogP contribution is -2.16. The maximum Gasteiger partial charge on any atom is 0.0406 e. The van der Waals surface area contributed by atoms with Crippen molar-refractivity contribution >= 4 is 35.8 Å². The fraction of sp³-hybridized carbons (Fsp3) is 0.333. The molecule has 0 amide bonds. The minimum absolute atomic E-state index is 0. The number of benzene rings is 1. The van der Waals surface area contributed by atoms with E-state index in [1.165, 1.54) is 5.56 Å². The van der Waals surface area contributed by atoms with Crippen LogP contribution < -0.4 is 5.32 Å². The minimum Gasteiger partial charge on any atom is -0.312 e. The first-order valence-electron chi connectivity index (χ1n) is 4.96. The molecule has 16 heavy (non-hydrogen) atoms. The molecule has 1 N–H and O–H groups in total. The average molecular weight is 278 g/mol. The van der Waals surface area contributed by atoms with Gasteiger partial charge in [0.25, 0.3) is 0 Å². The van der Waals surface area contributed by atoms with Crippen molar-refractivity contribution in [2.24, 2.45) is 0 Å². The Balaban J connectivity index is 0.00000225. The summed E-state index contributed by atoms with van der Waals surface area (Å²) in [6, 6.07) is 7.94. The van der Waals surface area contributed by atoms with Crippen LogP contribution in [-0.4, -0.2) is 18.1 Å². The SMILES string of the molecule is C=CCSCCNCc1ccc(Cl)cc1.Cl. The molecule has 0 saturated carbocycles. The Labute approximate surface area is 113 Å². The summed E-state index contributed by atoms with van der Waals surface area (Å²) in [5.74, 6) is 2.15. The van der Waals surface area contributed by atoms with Crippen molar-refractivity contribution in [3.8, 4) is 0 Å². The van der Waals surface area contributed by atoms with E-state index in [0.717, 1.165) is 29.6 Å². The molecule has 0 aromatic heterocycles. The van der Waals surface area contributed by atoms with Gasteiger partial charge in [-0.25, -0.2) is 0 Å². The zero-order valence-corrected chi connectivity index (χ0v) is 11.5. The number of hydrogen-bond acceptors (Lipinski definition) is 2. The fourth-order valence-corrected chi connectivity index (χ4v) is 1.89. The molecule has 0 unspecified atom stereocenters. The van der Waals surface area contributed by atoms with Crippen molar-refractivity contribution in [1.82, 2.24) is 5.32 Å². The third-order valence-corrected chi connectivity index (χ3v) is 3.12. The largest absolute Gasteiger partial charge is 0.312 e. The highest BCUT2D eigenvalue weighted by Crippen LogP contribution is 2.09. The van der Waals surface area contributed by atoms with Gasteiger partial charge in [-0.05, 0) is 17.7 Å². The lowest BCUT2D eigenvalue weighted by Gasteiger charge is -2.04. The van der Waals surface area contributed by atoms with Crippen molar-refractivity contribution < 1.29 is 0 Å². The maximum absolute atomic E-state index is 5.80. The van der Waals surface area contributed by atoms with Crippen molar-refractivity contribution in [3.63, 3.8) is 0 Å². The number of thioether (sulfide) groups is 1. The summed E-state index contributed by atoms with van der Waals surface area (Å²) in [6.07, 6.45) is 1.93. The van der Waals surface area contributed by atoms with E-state index in [1.54, 1.807) is 0 Å². The highest BCUT2D eigenvalue weighted by molar-refractivity contribution is 7.99. The summed E-state index contributed by atoms with van der Waals surface area (Å²) in [4.78, 5) is 0. The molecule has 0 spiro atoms. The number of halogens is 2. The van der Waals surface area contributed by atoms with Crippen LogP contribution in [0.4, 0.5) is 0 Å². The molecule has 0 radical (unpaired) electrons. The standard InChI is InChI=1S/C12H16ClNS.ClH/c1-2-8-15-9-7-14-10-11-3-5-12(13)6-4-11;/h2-6,14H,1,7-10H2;1H. The predicted octanol–water partition coefficient (Wildman–Crippen LogP) is 3.77. The zero-order valence-electron chi connectivity index (χ0n) is 9.12. The van der Waals surface area contributed by atoms with Gasteiger partial charge in [0.1, 0.15) is 0 Å². The Morgan fingerprint density at radius 1 is 1.31 bits per heavy atom. The van der Waals surface area contributed by atoms with Gasteiger partial charge in [0.15, 0.2) is 0 Å². The van der Waals surface area contributed by atoms with Crippen LogP contribution in [0.25, 0.3) is 0 Å². The van der Waals surface area contributed by atoms with Gasteiger partial charge in [-0.1, -0.05) is 29.8 Å². The van der Waals surface area contributed by atoms with Crippen LogP contribution >= 0.6 is 35.8 Å². The van der Waals surface area contributed by atoms with Gasteiger partial charge < -0.3 is 5.32 Å². The van der Waals surface area contributed by atoms with Crippen LogP contribution in [0.3, 0.4) is 0 Å². The first-order valence-corrected chi connectivity index (χ1v) is 6.50. The van der Waals surface area contributed by atoms with Crippen molar-refractivity contribution in [2.75, 3.05) is 18.1 Å². The highest BCUT2D eigenvalue weighted by atomic mass is 35.5. The van der Waals surface area contributed by atoms with Crippen LogP contribution in [0.2, 0.25) is 5.02 Å². The van der Waals surface area contributed by atoms with Crippen LogP contribution in [0.1, 0.15) is 5.56 Å². The molecular weight excluding hydrogens is 261 g/mol. The third-order valence-electron chi connectivity index (χ3n) is 1.90. The molecule has 4 heteroatoms. The highest BCUT2D eigenvalue weighted by Gasteiger charge is 1.92. The van der Waals surface area contributed by atoms with Crippen molar-refractivity contribution in [1.29, 1.82) is 0 Å². The monoisotopic (exact) mass is 277 g/mol. The zero-order chi connectivity index (χ0) is 10.9. The fourth-order valence-electron chi connectivity index (χ4n) is 1.15. The number of rotatable bonds is 7. The first-order chi connectivity index (χ1) is 7.33. The van der Waals surface area contributed by atoms with E-state index in [-0.39, 0.29) is 12.4 Å². The molecule has 1 rings (SSSR count). The van der Waals surface area contributed by atoms with Gasteiger partial charge in [-0.15, -0.1) is 19.0 Å².